The van der Waals surface area contributed by atoms with E-state index in [1.807, 2.05) is 20.2 Å². The molecule has 0 atom stereocenters. The minimum absolute atomic E-state index is 0.114. The molecule has 2 rings (SSSR count). The monoisotopic (exact) mass is 273 g/mol. The van der Waals surface area contributed by atoms with Crippen molar-refractivity contribution in [2.45, 2.75) is 26.3 Å². The van der Waals surface area contributed by atoms with E-state index in [2.05, 4.69) is 10.4 Å². The summed E-state index contributed by atoms with van der Waals surface area (Å²) in [5.41, 5.74) is 2.66. The van der Waals surface area contributed by atoms with Gasteiger partial charge in [0, 0.05) is 30.9 Å². The topological polar surface area (TPSA) is 67.2 Å². The van der Waals surface area contributed by atoms with E-state index in [-0.39, 0.29) is 18.1 Å². The summed E-state index contributed by atoms with van der Waals surface area (Å²) in [5.74, 6) is 0.0377. The van der Waals surface area contributed by atoms with Gasteiger partial charge in [0.25, 0.3) is 0 Å². The molecule has 0 saturated carbocycles. The highest BCUT2D eigenvalue weighted by Crippen LogP contribution is 2.16. The fourth-order valence-electron chi connectivity index (χ4n) is 2.12. The molecule has 0 bridgehead atoms. The van der Waals surface area contributed by atoms with Crippen molar-refractivity contribution >= 4 is 5.91 Å². The van der Waals surface area contributed by atoms with Crippen LogP contribution in [0.25, 0.3) is 0 Å². The van der Waals surface area contributed by atoms with Gasteiger partial charge in [-0.1, -0.05) is 25.1 Å². The van der Waals surface area contributed by atoms with Crippen LogP contribution in [0.3, 0.4) is 0 Å². The molecule has 0 unspecified atom stereocenters. The van der Waals surface area contributed by atoms with E-state index >= 15 is 0 Å². The van der Waals surface area contributed by atoms with Crippen LogP contribution < -0.4 is 5.32 Å². The van der Waals surface area contributed by atoms with Crippen LogP contribution in [-0.2, 0) is 31.2 Å². The number of aromatic nitrogens is 2. The molecule has 2 aromatic rings. The lowest BCUT2D eigenvalue weighted by atomic mass is 10.1. The number of nitrogens with zero attached hydrogens (tertiary/aromatic N) is 2. The molecule has 0 radical (unpaired) electrons. The number of phenolic OH excluding ortho intramolecular Hbond substituents is 1. The Morgan fingerprint density at radius 3 is 2.80 bits per heavy atom. The van der Waals surface area contributed by atoms with Gasteiger partial charge in [-0.25, -0.2) is 0 Å². The van der Waals surface area contributed by atoms with Crippen LogP contribution in [0.5, 0.6) is 5.75 Å². The molecule has 106 valence electrons. The first-order chi connectivity index (χ1) is 9.60. The van der Waals surface area contributed by atoms with E-state index in [9.17, 15) is 9.90 Å². The summed E-state index contributed by atoms with van der Waals surface area (Å²) < 4.78 is 1.75. The van der Waals surface area contributed by atoms with Crippen LogP contribution in [0.4, 0.5) is 0 Å². The molecule has 5 heteroatoms. The van der Waals surface area contributed by atoms with Crippen molar-refractivity contribution in [1.29, 1.82) is 0 Å². The van der Waals surface area contributed by atoms with E-state index in [1.54, 1.807) is 28.9 Å². The summed E-state index contributed by atoms with van der Waals surface area (Å²) in [5, 5.41) is 16.8. The largest absolute Gasteiger partial charge is 0.508 e. The number of carbonyl (C=O) groups is 1. The van der Waals surface area contributed by atoms with Crippen LogP contribution >= 0.6 is 0 Å². The van der Waals surface area contributed by atoms with Crippen molar-refractivity contribution in [3.63, 3.8) is 0 Å². The highest BCUT2D eigenvalue weighted by Gasteiger charge is 2.09. The van der Waals surface area contributed by atoms with E-state index in [4.69, 9.17) is 0 Å². The average Bonchev–Trinajstić information content (AvgIpc) is 2.79. The Morgan fingerprint density at radius 1 is 1.35 bits per heavy atom. The molecule has 0 spiro atoms. The summed E-state index contributed by atoms with van der Waals surface area (Å²) >= 11 is 0. The molecule has 2 N–H and O–H groups in total. The molecule has 0 saturated heterocycles. The maximum atomic E-state index is 11.9. The van der Waals surface area contributed by atoms with Gasteiger partial charge in [0.2, 0.25) is 5.91 Å². The second-order valence-corrected chi connectivity index (χ2v) is 4.71. The third-order valence-electron chi connectivity index (χ3n) is 3.15. The van der Waals surface area contributed by atoms with E-state index in [1.165, 1.54) is 0 Å². The van der Waals surface area contributed by atoms with E-state index < -0.39 is 0 Å². The standard InChI is InChI=1S/C15H19N3O2/c1-3-13-12(10-18(2)17-13)9-16-15(20)8-11-6-4-5-7-14(11)19/h4-7,10,19H,3,8-9H2,1-2H3,(H,16,20). The number of carbonyl (C=O) groups excluding carboxylic acids is 1. The lowest BCUT2D eigenvalue weighted by molar-refractivity contribution is -0.120. The molecule has 5 nitrogen and oxygen atoms in total. The van der Waals surface area contributed by atoms with Crippen LogP contribution in [0, 0.1) is 0 Å². The maximum absolute atomic E-state index is 11.9. The molecule has 1 amide bonds. The molecule has 1 heterocycles. The zero-order valence-electron chi connectivity index (χ0n) is 11.8. The minimum Gasteiger partial charge on any atom is -0.508 e. The molecule has 1 aromatic carbocycles. The van der Waals surface area contributed by atoms with Gasteiger partial charge in [-0.3, -0.25) is 9.48 Å². The first-order valence-electron chi connectivity index (χ1n) is 6.65. The number of benzene rings is 1. The number of nitrogens with one attached hydrogen (secondary N) is 1. The Kier molecular flexibility index (Phi) is 4.40. The van der Waals surface area contributed by atoms with E-state index in [0.717, 1.165) is 17.7 Å². The second kappa shape index (κ2) is 6.23. The summed E-state index contributed by atoms with van der Waals surface area (Å²) in [6.45, 7) is 2.50. The summed E-state index contributed by atoms with van der Waals surface area (Å²) in [7, 11) is 1.87. The van der Waals surface area contributed by atoms with Crippen molar-refractivity contribution in [1.82, 2.24) is 15.1 Å². The van der Waals surface area contributed by atoms with Crippen LogP contribution in [-0.4, -0.2) is 20.8 Å². The summed E-state index contributed by atoms with van der Waals surface area (Å²) in [4.78, 5) is 11.9. The molecular formula is C15H19N3O2. The Morgan fingerprint density at radius 2 is 2.10 bits per heavy atom. The number of aromatic hydroxyl groups is 1. The number of hydrogen-bond acceptors (Lipinski definition) is 3. The van der Waals surface area contributed by atoms with Crippen LogP contribution in [0.2, 0.25) is 0 Å². The number of para-hydroxylation sites is 1. The molecular weight excluding hydrogens is 254 g/mol. The fourth-order valence-corrected chi connectivity index (χ4v) is 2.12. The van der Waals surface area contributed by atoms with Crippen molar-refractivity contribution < 1.29 is 9.90 Å². The second-order valence-electron chi connectivity index (χ2n) is 4.71. The number of phenols is 1. The van der Waals surface area contributed by atoms with Gasteiger partial charge in [0.05, 0.1) is 12.1 Å². The number of rotatable bonds is 5. The van der Waals surface area contributed by atoms with Crippen molar-refractivity contribution in [2.24, 2.45) is 7.05 Å². The molecule has 1 aromatic heterocycles. The Bertz CT molecular complexity index is 605. The first kappa shape index (κ1) is 14.1. The predicted molar refractivity (Wildman–Crippen MR) is 76.2 cm³/mol. The Labute approximate surface area is 118 Å². The van der Waals surface area contributed by atoms with Gasteiger partial charge in [-0.05, 0) is 12.5 Å². The van der Waals surface area contributed by atoms with E-state index in [0.29, 0.717) is 12.1 Å². The predicted octanol–water partition coefficient (Wildman–Crippen LogP) is 1.55. The molecule has 0 aliphatic heterocycles. The Balaban J connectivity index is 1.94. The van der Waals surface area contributed by atoms with Gasteiger partial charge >= 0.3 is 0 Å². The van der Waals surface area contributed by atoms with Crippen LogP contribution in [0.1, 0.15) is 23.7 Å². The fraction of sp³-hybridized carbons (Fsp3) is 0.333. The quantitative estimate of drug-likeness (QED) is 0.868. The lowest BCUT2D eigenvalue weighted by Crippen LogP contribution is -2.24. The molecule has 20 heavy (non-hydrogen) atoms. The minimum atomic E-state index is -0.114. The SMILES string of the molecule is CCc1nn(C)cc1CNC(=O)Cc1ccccc1O. The van der Waals surface area contributed by atoms with Gasteiger partial charge in [-0.15, -0.1) is 0 Å². The van der Waals surface area contributed by atoms with Crippen molar-refractivity contribution in [3.8, 4) is 5.75 Å². The zero-order valence-corrected chi connectivity index (χ0v) is 11.8. The average molecular weight is 273 g/mol. The molecule has 0 fully saturated rings. The third-order valence-corrected chi connectivity index (χ3v) is 3.15. The van der Waals surface area contributed by atoms with Crippen LogP contribution in [0.15, 0.2) is 30.5 Å². The first-order valence-corrected chi connectivity index (χ1v) is 6.65. The molecule has 0 aliphatic carbocycles. The summed E-state index contributed by atoms with van der Waals surface area (Å²) in [6, 6.07) is 6.87. The van der Waals surface area contributed by atoms with Gasteiger partial charge in [-0.2, -0.15) is 5.10 Å². The van der Waals surface area contributed by atoms with Crippen molar-refractivity contribution in [3.05, 3.63) is 47.3 Å². The summed E-state index contributed by atoms with van der Waals surface area (Å²) in [6.07, 6.45) is 2.93. The highest BCUT2D eigenvalue weighted by atomic mass is 16.3. The number of aryl methyl sites for hydroxylation is 2. The van der Waals surface area contributed by atoms with Gasteiger partial charge in [0.1, 0.15) is 5.75 Å². The number of amides is 1. The molecule has 0 aliphatic rings. The van der Waals surface area contributed by atoms with Gasteiger partial charge in [0.15, 0.2) is 0 Å². The zero-order chi connectivity index (χ0) is 14.5. The normalized spacial score (nSPS) is 10.5. The highest BCUT2D eigenvalue weighted by molar-refractivity contribution is 5.79. The van der Waals surface area contributed by atoms with Gasteiger partial charge < -0.3 is 10.4 Å². The maximum Gasteiger partial charge on any atom is 0.224 e. The Hall–Kier alpha value is -2.30. The lowest BCUT2D eigenvalue weighted by Gasteiger charge is -2.06. The third kappa shape index (κ3) is 3.38. The smallest absolute Gasteiger partial charge is 0.224 e. The van der Waals surface area contributed by atoms with Crippen molar-refractivity contribution in [2.75, 3.05) is 0 Å². The number of hydrogen-bond donors (Lipinski definition) is 2.